The van der Waals surface area contributed by atoms with Gasteiger partial charge in [-0.05, 0) is 105 Å². The van der Waals surface area contributed by atoms with Crippen molar-refractivity contribution in [2.75, 3.05) is 31.8 Å². The number of aromatic nitrogens is 2. The summed E-state index contributed by atoms with van der Waals surface area (Å²) in [6.07, 6.45) is 16.5. The van der Waals surface area contributed by atoms with Crippen LogP contribution in [0.1, 0.15) is 93.7 Å². The molecule has 6 rings (SSSR count). The second-order valence-electron chi connectivity index (χ2n) is 12.8. The monoisotopic (exact) mass is 569 g/mol. The Kier molecular flexibility index (Phi) is 9.28. The highest BCUT2D eigenvalue weighted by Gasteiger charge is 2.31. The van der Waals surface area contributed by atoms with Gasteiger partial charge in [-0.15, -0.1) is 0 Å². The second-order valence-corrected chi connectivity index (χ2v) is 12.8. The summed E-state index contributed by atoms with van der Waals surface area (Å²) in [7, 11) is 1.74. The fourth-order valence-corrected chi connectivity index (χ4v) is 7.47. The molecule has 3 fully saturated rings. The van der Waals surface area contributed by atoms with Crippen molar-refractivity contribution in [1.29, 1.82) is 0 Å². The Labute approximate surface area is 251 Å². The van der Waals surface area contributed by atoms with E-state index in [9.17, 15) is 4.79 Å². The molecule has 2 heterocycles. The fraction of sp³-hybridized carbons (Fsp3) is 0.556. The molecule has 2 saturated carbocycles. The Hall–Kier alpha value is -3.12. The van der Waals surface area contributed by atoms with E-state index in [1.54, 1.807) is 7.11 Å². The first-order valence-electron chi connectivity index (χ1n) is 16.3. The summed E-state index contributed by atoms with van der Waals surface area (Å²) in [6.45, 7) is 4.55. The standard InChI is InChI=1S/C36H47N3O3/c1-26-21-31(15-16-35(26)41-2)28-13-11-27(12-14-28)24-38(36(40)29-7-4-3-5-8-29)34-10-6-9-30(22-34)32-23-37-39(25-32)33-17-19-42-20-18-33/h6,9-10,15-16,21-23,25,27-29,33H,3-5,7-8,11-14,17-20,24H2,1-2H3. The van der Waals surface area contributed by atoms with Crippen LogP contribution in [-0.2, 0) is 9.53 Å². The third kappa shape index (κ3) is 6.59. The molecule has 0 bridgehead atoms. The van der Waals surface area contributed by atoms with Crippen molar-refractivity contribution in [2.45, 2.75) is 89.5 Å². The Morgan fingerprint density at radius 1 is 0.952 bits per heavy atom. The molecule has 224 valence electrons. The number of rotatable bonds is 8. The van der Waals surface area contributed by atoms with Crippen molar-refractivity contribution >= 4 is 11.6 Å². The van der Waals surface area contributed by atoms with E-state index < -0.39 is 0 Å². The molecule has 0 radical (unpaired) electrons. The SMILES string of the molecule is COc1ccc(C2CCC(CN(C(=O)C3CCCCC3)c3cccc(-c4cnn(C5CCOCC5)c4)c3)CC2)cc1C. The van der Waals surface area contributed by atoms with Crippen molar-refractivity contribution in [1.82, 2.24) is 9.78 Å². The number of benzene rings is 2. The van der Waals surface area contributed by atoms with Crippen LogP contribution in [0.5, 0.6) is 5.75 Å². The van der Waals surface area contributed by atoms with Gasteiger partial charge in [-0.3, -0.25) is 9.48 Å². The number of nitrogens with zero attached hydrogens (tertiary/aromatic N) is 3. The van der Waals surface area contributed by atoms with E-state index in [4.69, 9.17) is 14.6 Å². The molecular weight excluding hydrogens is 522 g/mol. The molecule has 6 heteroatoms. The van der Waals surface area contributed by atoms with E-state index in [-0.39, 0.29) is 5.92 Å². The molecule has 0 spiro atoms. The molecule has 1 saturated heterocycles. The summed E-state index contributed by atoms with van der Waals surface area (Å²) in [4.78, 5) is 16.3. The maximum Gasteiger partial charge on any atom is 0.230 e. The van der Waals surface area contributed by atoms with Gasteiger partial charge in [0.25, 0.3) is 0 Å². The molecule has 3 aromatic rings. The number of ether oxygens (including phenoxy) is 2. The van der Waals surface area contributed by atoms with Crippen molar-refractivity contribution in [3.63, 3.8) is 0 Å². The summed E-state index contributed by atoms with van der Waals surface area (Å²) in [5.41, 5.74) is 5.92. The van der Waals surface area contributed by atoms with Crippen LogP contribution in [-0.4, -0.2) is 42.6 Å². The molecule has 1 aromatic heterocycles. The van der Waals surface area contributed by atoms with Gasteiger partial charge in [-0.2, -0.15) is 5.10 Å². The van der Waals surface area contributed by atoms with E-state index in [0.29, 0.717) is 23.8 Å². The minimum Gasteiger partial charge on any atom is -0.496 e. The predicted molar refractivity (Wildman–Crippen MR) is 168 cm³/mol. The molecule has 1 aliphatic heterocycles. The lowest BCUT2D eigenvalue weighted by atomic mass is 9.78. The normalized spacial score (nSPS) is 22.1. The number of hydrogen-bond acceptors (Lipinski definition) is 4. The molecule has 0 atom stereocenters. The topological polar surface area (TPSA) is 56.6 Å². The molecule has 3 aliphatic rings. The minimum absolute atomic E-state index is 0.150. The van der Waals surface area contributed by atoms with E-state index in [0.717, 1.165) is 80.8 Å². The van der Waals surface area contributed by atoms with Crippen molar-refractivity contribution in [3.05, 3.63) is 66.0 Å². The lowest BCUT2D eigenvalue weighted by molar-refractivity contribution is -0.123. The first-order valence-corrected chi connectivity index (χ1v) is 16.3. The zero-order valence-corrected chi connectivity index (χ0v) is 25.5. The Morgan fingerprint density at radius 3 is 2.48 bits per heavy atom. The van der Waals surface area contributed by atoms with Crippen molar-refractivity contribution in [3.8, 4) is 16.9 Å². The van der Waals surface area contributed by atoms with Gasteiger partial charge < -0.3 is 14.4 Å². The predicted octanol–water partition coefficient (Wildman–Crippen LogP) is 8.11. The molecular formula is C36H47N3O3. The average Bonchev–Trinajstić information content (AvgIpc) is 3.55. The highest BCUT2D eigenvalue weighted by atomic mass is 16.5. The van der Waals surface area contributed by atoms with Crippen LogP contribution >= 0.6 is 0 Å². The highest BCUT2D eigenvalue weighted by molar-refractivity contribution is 5.95. The van der Waals surface area contributed by atoms with Gasteiger partial charge in [-0.1, -0.05) is 43.5 Å². The van der Waals surface area contributed by atoms with Gasteiger partial charge in [0.2, 0.25) is 5.91 Å². The first-order chi connectivity index (χ1) is 20.6. The van der Waals surface area contributed by atoms with Gasteiger partial charge in [0.05, 0.1) is 19.3 Å². The van der Waals surface area contributed by atoms with Crippen LogP contribution in [0.15, 0.2) is 54.9 Å². The minimum atomic E-state index is 0.150. The molecule has 0 N–H and O–H groups in total. The molecule has 0 unspecified atom stereocenters. The Balaban J connectivity index is 1.18. The van der Waals surface area contributed by atoms with Crippen LogP contribution in [0.25, 0.3) is 11.1 Å². The van der Waals surface area contributed by atoms with Gasteiger partial charge in [0.15, 0.2) is 0 Å². The van der Waals surface area contributed by atoms with Crippen molar-refractivity contribution in [2.24, 2.45) is 11.8 Å². The summed E-state index contributed by atoms with van der Waals surface area (Å²) in [5, 5.41) is 4.71. The lowest BCUT2D eigenvalue weighted by Crippen LogP contribution is -2.41. The van der Waals surface area contributed by atoms with Gasteiger partial charge >= 0.3 is 0 Å². The van der Waals surface area contributed by atoms with E-state index in [1.165, 1.54) is 43.2 Å². The van der Waals surface area contributed by atoms with E-state index in [2.05, 4.69) is 65.2 Å². The quantitative estimate of drug-likeness (QED) is 0.275. The largest absolute Gasteiger partial charge is 0.496 e. The lowest BCUT2D eigenvalue weighted by Gasteiger charge is -2.35. The average molecular weight is 570 g/mol. The number of aryl methyl sites for hydroxylation is 1. The third-order valence-electron chi connectivity index (χ3n) is 10.1. The number of hydrogen-bond donors (Lipinski definition) is 0. The fourth-order valence-electron chi connectivity index (χ4n) is 7.47. The summed E-state index contributed by atoms with van der Waals surface area (Å²) in [6, 6.07) is 15.7. The summed E-state index contributed by atoms with van der Waals surface area (Å²) >= 11 is 0. The van der Waals surface area contributed by atoms with Crippen molar-refractivity contribution < 1.29 is 14.3 Å². The third-order valence-corrected chi connectivity index (χ3v) is 10.1. The highest BCUT2D eigenvalue weighted by Crippen LogP contribution is 2.39. The smallest absolute Gasteiger partial charge is 0.230 e. The number of amides is 1. The number of carbonyl (C=O) groups excluding carboxylic acids is 1. The van der Waals surface area contributed by atoms with Crippen LogP contribution in [0.3, 0.4) is 0 Å². The molecule has 1 amide bonds. The zero-order chi connectivity index (χ0) is 28.9. The van der Waals surface area contributed by atoms with Crippen LogP contribution in [0, 0.1) is 18.8 Å². The Bertz CT molecular complexity index is 1330. The summed E-state index contributed by atoms with van der Waals surface area (Å²) in [5.74, 6) is 2.55. The van der Waals surface area contributed by atoms with Gasteiger partial charge in [-0.25, -0.2) is 0 Å². The number of methoxy groups -OCH3 is 1. The van der Waals surface area contributed by atoms with Crippen LogP contribution < -0.4 is 9.64 Å². The number of carbonyl (C=O) groups is 1. The number of anilines is 1. The summed E-state index contributed by atoms with van der Waals surface area (Å²) < 4.78 is 13.1. The maximum absolute atomic E-state index is 14.1. The first kappa shape index (κ1) is 29.0. The molecule has 42 heavy (non-hydrogen) atoms. The zero-order valence-electron chi connectivity index (χ0n) is 25.5. The molecule has 2 aliphatic carbocycles. The van der Waals surface area contributed by atoms with Gasteiger partial charge in [0.1, 0.15) is 5.75 Å². The van der Waals surface area contributed by atoms with E-state index in [1.807, 2.05) is 6.20 Å². The van der Waals surface area contributed by atoms with Gasteiger partial charge in [0, 0.05) is 43.1 Å². The second kappa shape index (κ2) is 13.5. The van der Waals surface area contributed by atoms with Crippen LogP contribution in [0.4, 0.5) is 5.69 Å². The molecule has 6 nitrogen and oxygen atoms in total. The molecule has 2 aromatic carbocycles. The van der Waals surface area contributed by atoms with E-state index >= 15 is 0 Å². The Morgan fingerprint density at radius 2 is 1.74 bits per heavy atom. The maximum atomic E-state index is 14.1. The van der Waals surface area contributed by atoms with Crippen LogP contribution in [0.2, 0.25) is 0 Å².